The summed E-state index contributed by atoms with van der Waals surface area (Å²) < 4.78 is 20.5. The minimum Gasteiger partial charge on any atom is -0.371 e. The minimum absolute atomic E-state index is 0.00471. The number of fused-ring (bicyclic) bond motifs is 2. The predicted molar refractivity (Wildman–Crippen MR) is 130 cm³/mol. The van der Waals surface area contributed by atoms with Gasteiger partial charge in [-0.15, -0.1) is 0 Å². The Balaban J connectivity index is 1.33. The summed E-state index contributed by atoms with van der Waals surface area (Å²) in [5.41, 5.74) is 0.258. The van der Waals surface area contributed by atoms with Crippen molar-refractivity contribution in [1.29, 1.82) is 5.26 Å². The Kier molecular flexibility index (Phi) is 6.69. The third-order valence-corrected chi connectivity index (χ3v) is 6.47. The van der Waals surface area contributed by atoms with Crippen molar-refractivity contribution in [2.24, 2.45) is 0 Å². The summed E-state index contributed by atoms with van der Waals surface area (Å²) in [6.07, 6.45) is 1.81. The van der Waals surface area contributed by atoms with Gasteiger partial charge in [0.2, 0.25) is 5.91 Å². The van der Waals surface area contributed by atoms with Crippen LogP contribution in [0.15, 0.2) is 47.3 Å². The largest absolute Gasteiger partial charge is 0.371 e. The van der Waals surface area contributed by atoms with Crippen LogP contribution >= 0.6 is 11.6 Å². The monoisotopic (exact) mass is 522 g/mol. The smallest absolute Gasteiger partial charge is 0.267 e. The molecule has 2 fully saturated rings. The number of rotatable bonds is 5. The molecule has 2 aromatic heterocycles. The highest BCUT2D eigenvalue weighted by molar-refractivity contribution is 6.30. The maximum absolute atomic E-state index is 13.9. The lowest BCUT2D eigenvalue weighted by atomic mass is 10.1. The van der Waals surface area contributed by atoms with Crippen molar-refractivity contribution in [3.05, 3.63) is 74.9 Å². The molecule has 1 aromatic carbocycles. The highest BCUT2D eigenvalue weighted by Crippen LogP contribution is 2.27. The van der Waals surface area contributed by atoms with E-state index in [2.05, 4.69) is 15.4 Å². The molecule has 2 bridgehead atoms. The van der Waals surface area contributed by atoms with Gasteiger partial charge in [0, 0.05) is 30.3 Å². The van der Waals surface area contributed by atoms with E-state index in [1.807, 2.05) is 6.07 Å². The second-order valence-electron chi connectivity index (χ2n) is 8.80. The first-order valence-corrected chi connectivity index (χ1v) is 11.9. The number of hydrogen-bond acceptors (Lipinski definition) is 7. The Labute approximate surface area is 215 Å². The average Bonchev–Trinajstić information content (AvgIpc) is 3.23. The molecule has 12 heteroatoms. The Morgan fingerprint density at radius 2 is 1.92 bits per heavy atom. The number of carbonyl (C=O) groups is 2. The van der Waals surface area contributed by atoms with Crippen molar-refractivity contribution in [3.63, 3.8) is 0 Å². The number of carbonyl (C=O) groups excluding carboxylic acids is 2. The molecule has 0 radical (unpaired) electrons. The molecule has 0 spiro atoms. The summed E-state index contributed by atoms with van der Waals surface area (Å²) in [7, 11) is 0. The van der Waals surface area contributed by atoms with Crippen LogP contribution < -0.4 is 10.9 Å². The zero-order valence-electron chi connectivity index (χ0n) is 19.4. The van der Waals surface area contributed by atoms with E-state index in [0.29, 0.717) is 18.7 Å². The van der Waals surface area contributed by atoms with Crippen LogP contribution in [-0.4, -0.2) is 56.8 Å². The highest BCUT2D eigenvalue weighted by Gasteiger charge is 2.36. The molecule has 188 valence electrons. The predicted octanol–water partition coefficient (Wildman–Crippen LogP) is 2.61. The first-order chi connectivity index (χ1) is 17.8. The van der Waals surface area contributed by atoms with Crippen LogP contribution in [0.2, 0.25) is 5.02 Å². The summed E-state index contributed by atoms with van der Waals surface area (Å²) in [4.78, 5) is 43.9. The summed E-state index contributed by atoms with van der Waals surface area (Å²) in [6.45, 7) is 0.449. The lowest BCUT2D eigenvalue weighted by Crippen LogP contribution is -2.45. The van der Waals surface area contributed by atoms with Crippen molar-refractivity contribution in [2.75, 3.05) is 18.4 Å². The van der Waals surface area contributed by atoms with Crippen LogP contribution in [0.25, 0.3) is 11.3 Å². The van der Waals surface area contributed by atoms with Gasteiger partial charge >= 0.3 is 0 Å². The number of morpholine rings is 1. The fourth-order valence-corrected chi connectivity index (χ4v) is 4.55. The van der Waals surface area contributed by atoms with Gasteiger partial charge in [0.15, 0.2) is 0 Å². The van der Waals surface area contributed by atoms with Gasteiger partial charge in [0.1, 0.15) is 29.9 Å². The van der Waals surface area contributed by atoms with Gasteiger partial charge in [0.05, 0.1) is 22.9 Å². The zero-order chi connectivity index (χ0) is 26.1. The molecule has 0 saturated carbocycles. The fourth-order valence-electron chi connectivity index (χ4n) is 4.43. The van der Waals surface area contributed by atoms with Crippen molar-refractivity contribution < 1.29 is 18.7 Å². The summed E-state index contributed by atoms with van der Waals surface area (Å²) in [5.74, 6) is -1.59. The van der Waals surface area contributed by atoms with E-state index < -0.39 is 23.8 Å². The number of amides is 2. The number of aromatic nitrogens is 3. The van der Waals surface area contributed by atoms with E-state index in [1.54, 1.807) is 11.0 Å². The lowest BCUT2D eigenvalue weighted by Gasteiger charge is -2.32. The molecule has 2 saturated heterocycles. The van der Waals surface area contributed by atoms with Gasteiger partial charge in [0.25, 0.3) is 11.5 Å². The number of hydrogen-bond donors (Lipinski definition) is 1. The molecule has 4 heterocycles. The van der Waals surface area contributed by atoms with Crippen LogP contribution in [0.1, 0.15) is 28.9 Å². The normalized spacial score (nSPS) is 18.4. The van der Waals surface area contributed by atoms with Crippen molar-refractivity contribution in [1.82, 2.24) is 19.7 Å². The van der Waals surface area contributed by atoms with Crippen LogP contribution in [0.3, 0.4) is 0 Å². The van der Waals surface area contributed by atoms with Crippen LogP contribution in [-0.2, 0) is 16.1 Å². The number of likely N-dealkylation sites (tertiary alicyclic amines) is 1. The first-order valence-electron chi connectivity index (χ1n) is 11.5. The number of anilines is 1. The molecule has 2 atom stereocenters. The molecule has 2 unspecified atom stereocenters. The SMILES string of the molecule is N#Cc1cc(C(=O)N2CC3CCC(C2)O3)cc(NC(=O)Cn2nc(-c3ccc(Cl)c(F)c3)ccc2=O)n1. The van der Waals surface area contributed by atoms with Gasteiger partial charge in [-0.25, -0.2) is 14.1 Å². The number of pyridine rings is 1. The lowest BCUT2D eigenvalue weighted by molar-refractivity contribution is -0.117. The van der Waals surface area contributed by atoms with E-state index in [-0.39, 0.29) is 45.9 Å². The topological polar surface area (TPSA) is 130 Å². The van der Waals surface area contributed by atoms with Crippen LogP contribution in [0, 0.1) is 17.1 Å². The van der Waals surface area contributed by atoms with Gasteiger partial charge < -0.3 is 15.0 Å². The maximum atomic E-state index is 13.9. The fraction of sp³-hybridized carbons (Fsp3) is 0.280. The standard InChI is InChI=1S/C25H20ClFN6O4/c26-19-4-1-14(8-20(19)27)21-5-6-24(35)33(31-21)13-23(34)30-22-9-15(7-16(10-28)29-22)25(36)32-11-17-2-3-18(12-32)37-17/h1,4-9,17-18H,2-3,11-13H2,(H,29,30,34). The number of nitriles is 1. The Morgan fingerprint density at radius 1 is 1.16 bits per heavy atom. The summed E-state index contributed by atoms with van der Waals surface area (Å²) >= 11 is 5.72. The summed E-state index contributed by atoms with van der Waals surface area (Å²) in [6, 6.07) is 11.4. The Morgan fingerprint density at radius 3 is 2.62 bits per heavy atom. The van der Waals surface area contributed by atoms with Crippen molar-refractivity contribution >= 4 is 29.2 Å². The van der Waals surface area contributed by atoms with E-state index in [9.17, 15) is 24.0 Å². The molecule has 2 amide bonds. The molecular weight excluding hydrogens is 503 g/mol. The molecule has 2 aliphatic rings. The molecule has 2 aliphatic heterocycles. The number of nitrogens with one attached hydrogen (secondary N) is 1. The average molecular weight is 523 g/mol. The summed E-state index contributed by atoms with van der Waals surface area (Å²) in [5, 5.41) is 16.0. The van der Waals surface area contributed by atoms with Gasteiger partial charge in [-0.05, 0) is 43.2 Å². The molecule has 10 nitrogen and oxygen atoms in total. The number of benzene rings is 1. The molecule has 37 heavy (non-hydrogen) atoms. The Hall–Kier alpha value is -4.14. The van der Waals surface area contributed by atoms with Crippen LogP contribution in [0.5, 0.6) is 0 Å². The maximum Gasteiger partial charge on any atom is 0.267 e. The Bertz CT molecular complexity index is 1490. The van der Waals surface area contributed by atoms with Gasteiger partial charge in [-0.2, -0.15) is 10.4 Å². The third-order valence-electron chi connectivity index (χ3n) is 6.16. The van der Waals surface area contributed by atoms with E-state index in [4.69, 9.17) is 16.3 Å². The number of nitrogens with zero attached hydrogens (tertiary/aromatic N) is 5. The minimum atomic E-state index is -0.653. The molecule has 1 N–H and O–H groups in total. The number of ether oxygens (including phenoxy) is 1. The third kappa shape index (κ3) is 5.35. The molecule has 3 aromatic rings. The second-order valence-corrected chi connectivity index (χ2v) is 9.20. The first kappa shape index (κ1) is 24.5. The zero-order valence-corrected chi connectivity index (χ0v) is 20.1. The number of halogens is 2. The molecule has 0 aliphatic carbocycles. The van der Waals surface area contributed by atoms with Crippen LogP contribution in [0.4, 0.5) is 10.2 Å². The molecule has 5 rings (SSSR count). The van der Waals surface area contributed by atoms with Crippen molar-refractivity contribution in [2.45, 2.75) is 31.6 Å². The highest BCUT2D eigenvalue weighted by atomic mass is 35.5. The van der Waals surface area contributed by atoms with Crippen molar-refractivity contribution in [3.8, 4) is 17.3 Å². The molecular formula is C25H20ClFN6O4. The van der Waals surface area contributed by atoms with E-state index >= 15 is 0 Å². The van der Waals surface area contributed by atoms with E-state index in [0.717, 1.165) is 17.5 Å². The van der Waals surface area contributed by atoms with E-state index in [1.165, 1.54) is 36.4 Å². The van der Waals surface area contributed by atoms with Gasteiger partial charge in [-0.3, -0.25) is 14.4 Å². The van der Waals surface area contributed by atoms with Gasteiger partial charge in [-0.1, -0.05) is 17.7 Å². The second kappa shape index (κ2) is 10.1. The quantitative estimate of drug-likeness (QED) is 0.545.